The molecule has 3 nitrogen and oxygen atoms in total. The molecular weight excluding hydrogens is 301 g/mol. The molecule has 0 aromatic heterocycles. The van der Waals surface area contributed by atoms with Gasteiger partial charge in [-0.1, -0.05) is 15.9 Å². The van der Waals surface area contributed by atoms with Gasteiger partial charge in [-0.2, -0.15) is 0 Å². The summed E-state index contributed by atoms with van der Waals surface area (Å²) in [5, 5.41) is 0. The Bertz CT molecular complexity index is 467. The topological polar surface area (TPSA) is 38.3 Å². The third-order valence-corrected chi connectivity index (χ3v) is 2.32. The predicted octanol–water partition coefficient (Wildman–Crippen LogP) is 3.45. The van der Waals surface area contributed by atoms with Crippen LogP contribution in [0.3, 0.4) is 0 Å². The van der Waals surface area contributed by atoms with Gasteiger partial charge in [-0.05, 0) is 45.0 Å². The number of hydrogen-bond donors (Lipinski definition) is 1. The first-order chi connectivity index (χ1) is 8.28. The Hall–Kier alpha value is -1.20. The molecule has 0 saturated heterocycles. The number of carbonyl (C=O) groups is 1. The number of nitrogens with one attached hydrogen (secondary N) is 1. The Morgan fingerprint density at radius 3 is 2.72 bits per heavy atom. The largest absolute Gasteiger partial charge is 0.268 e. The number of benzene rings is 1. The minimum Gasteiger partial charge on any atom is -0.268 e. The van der Waals surface area contributed by atoms with E-state index < -0.39 is 11.5 Å². The lowest BCUT2D eigenvalue weighted by atomic mass is 10.2. The minimum absolute atomic E-state index is 0.329. The molecule has 98 valence electrons. The molecule has 5 heteroatoms. The Morgan fingerprint density at radius 2 is 2.11 bits per heavy atom. The molecule has 0 aliphatic rings. The zero-order valence-corrected chi connectivity index (χ0v) is 12.0. The Balaban J connectivity index is 2.64. The van der Waals surface area contributed by atoms with Crippen LogP contribution in [0.5, 0.6) is 0 Å². The van der Waals surface area contributed by atoms with Gasteiger partial charge in [0.05, 0.1) is 5.60 Å². The van der Waals surface area contributed by atoms with Crippen molar-refractivity contribution in [1.82, 2.24) is 5.48 Å². The molecule has 0 saturated carbocycles. The number of halogens is 2. The van der Waals surface area contributed by atoms with Crippen LogP contribution in [0, 0.1) is 5.82 Å². The summed E-state index contributed by atoms with van der Waals surface area (Å²) < 4.78 is 14.1. The smallest absolute Gasteiger partial charge is 0.267 e. The molecule has 0 aliphatic carbocycles. The molecule has 0 bridgehead atoms. The highest BCUT2D eigenvalue weighted by Gasteiger charge is 2.11. The van der Waals surface area contributed by atoms with Crippen molar-refractivity contribution in [2.45, 2.75) is 26.4 Å². The quantitative estimate of drug-likeness (QED) is 0.685. The van der Waals surface area contributed by atoms with E-state index in [1.54, 1.807) is 12.1 Å². The van der Waals surface area contributed by atoms with Crippen molar-refractivity contribution in [1.29, 1.82) is 0 Å². The van der Waals surface area contributed by atoms with E-state index in [0.717, 1.165) is 4.47 Å². The fourth-order valence-electron chi connectivity index (χ4n) is 1.05. The van der Waals surface area contributed by atoms with Gasteiger partial charge in [-0.25, -0.2) is 9.87 Å². The molecule has 0 heterocycles. The Morgan fingerprint density at radius 1 is 1.44 bits per heavy atom. The van der Waals surface area contributed by atoms with Crippen molar-refractivity contribution in [2.75, 3.05) is 0 Å². The van der Waals surface area contributed by atoms with Gasteiger partial charge in [0.1, 0.15) is 5.82 Å². The summed E-state index contributed by atoms with van der Waals surface area (Å²) in [6, 6.07) is 4.51. The molecule has 1 N–H and O–H groups in total. The summed E-state index contributed by atoms with van der Waals surface area (Å²) in [5.74, 6) is -0.830. The molecular formula is C13H15BrFNO2. The molecule has 1 rings (SSSR count). The van der Waals surface area contributed by atoms with Crippen molar-refractivity contribution >= 4 is 27.9 Å². The standard InChI is InChI=1S/C13H15BrFNO2/c1-13(2,3)18-16-12(17)7-4-9-8-10(14)5-6-11(9)15/h4-8H,1-3H3,(H,16,17)/b7-4+. The molecule has 0 fully saturated rings. The number of rotatable bonds is 3. The van der Waals surface area contributed by atoms with E-state index in [0.29, 0.717) is 5.56 Å². The zero-order valence-electron chi connectivity index (χ0n) is 10.5. The van der Waals surface area contributed by atoms with E-state index >= 15 is 0 Å². The fraction of sp³-hybridized carbons (Fsp3) is 0.308. The SMILES string of the molecule is CC(C)(C)ONC(=O)/C=C/c1cc(Br)ccc1F. The second-order valence-electron chi connectivity index (χ2n) is 4.68. The maximum absolute atomic E-state index is 13.4. The highest BCUT2D eigenvalue weighted by atomic mass is 79.9. The van der Waals surface area contributed by atoms with Gasteiger partial charge in [0.2, 0.25) is 0 Å². The molecule has 0 spiro atoms. The lowest BCUT2D eigenvalue weighted by molar-refractivity contribution is -0.140. The van der Waals surface area contributed by atoms with E-state index in [1.807, 2.05) is 20.8 Å². The van der Waals surface area contributed by atoms with Gasteiger partial charge in [0, 0.05) is 16.1 Å². The second-order valence-corrected chi connectivity index (χ2v) is 5.60. The maximum Gasteiger partial charge on any atom is 0.267 e. The summed E-state index contributed by atoms with van der Waals surface area (Å²) in [5.41, 5.74) is 2.13. The van der Waals surface area contributed by atoms with Gasteiger partial charge in [0.25, 0.3) is 5.91 Å². The monoisotopic (exact) mass is 315 g/mol. The van der Waals surface area contributed by atoms with Gasteiger partial charge in [0.15, 0.2) is 0 Å². The fourth-order valence-corrected chi connectivity index (χ4v) is 1.42. The molecule has 1 aromatic rings. The van der Waals surface area contributed by atoms with Crippen LogP contribution in [0.1, 0.15) is 26.3 Å². The average Bonchev–Trinajstić information content (AvgIpc) is 2.26. The summed E-state index contributed by atoms with van der Waals surface area (Å²) in [7, 11) is 0. The van der Waals surface area contributed by atoms with Crippen LogP contribution in [0.25, 0.3) is 6.08 Å². The van der Waals surface area contributed by atoms with Crippen molar-refractivity contribution in [3.8, 4) is 0 Å². The highest BCUT2D eigenvalue weighted by Crippen LogP contribution is 2.16. The molecule has 0 aliphatic heterocycles. The summed E-state index contributed by atoms with van der Waals surface area (Å²) >= 11 is 3.23. The molecule has 1 aromatic carbocycles. The van der Waals surface area contributed by atoms with Crippen LogP contribution in [-0.4, -0.2) is 11.5 Å². The van der Waals surface area contributed by atoms with Gasteiger partial charge in [-0.3, -0.25) is 9.63 Å². The van der Waals surface area contributed by atoms with Crippen LogP contribution in [0.15, 0.2) is 28.7 Å². The van der Waals surface area contributed by atoms with Crippen LogP contribution in [0.2, 0.25) is 0 Å². The molecule has 18 heavy (non-hydrogen) atoms. The highest BCUT2D eigenvalue weighted by molar-refractivity contribution is 9.10. The van der Waals surface area contributed by atoms with E-state index in [-0.39, 0.29) is 5.82 Å². The maximum atomic E-state index is 13.4. The molecule has 1 amide bonds. The zero-order chi connectivity index (χ0) is 13.8. The Labute approximate surface area is 114 Å². The number of hydrogen-bond acceptors (Lipinski definition) is 2. The summed E-state index contributed by atoms with van der Waals surface area (Å²) in [4.78, 5) is 16.5. The lowest BCUT2D eigenvalue weighted by Crippen LogP contribution is -2.32. The normalized spacial score (nSPS) is 11.8. The van der Waals surface area contributed by atoms with Gasteiger partial charge in [-0.15, -0.1) is 0 Å². The summed E-state index contributed by atoms with van der Waals surface area (Å²) in [6.45, 7) is 5.43. The van der Waals surface area contributed by atoms with Crippen LogP contribution in [0.4, 0.5) is 4.39 Å². The van der Waals surface area contributed by atoms with Crippen LogP contribution in [-0.2, 0) is 9.63 Å². The number of carbonyl (C=O) groups excluding carboxylic acids is 1. The first-order valence-electron chi connectivity index (χ1n) is 5.39. The lowest BCUT2D eigenvalue weighted by Gasteiger charge is -2.18. The first kappa shape index (κ1) is 14.9. The van der Waals surface area contributed by atoms with E-state index in [1.165, 1.54) is 18.2 Å². The Kier molecular flexibility index (Phi) is 5.04. The van der Waals surface area contributed by atoms with E-state index in [4.69, 9.17) is 4.84 Å². The van der Waals surface area contributed by atoms with Crippen LogP contribution >= 0.6 is 15.9 Å². The van der Waals surface area contributed by atoms with Crippen molar-refractivity contribution in [2.24, 2.45) is 0 Å². The van der Waals surface area contributed by atoms with Gasteiger partial charge < -0.3 is 0 Å². The first-order valence-corrected chi connectivity index (χ1v) is 6.18. The second kappa shape index (κ2) is 6.11. The molecule has 0 radical (unpaired) electrons. The van der Waals surface area contributed by atoms with Crippen LogP contribution < -0.4 is 5.48 Å². The average molecular weight is 316 g/mol. The number of amides is 1. The molecule has 0 unspecified atom stereocenters. The predicted molar refractivity (Wildman–Crippen MR) is 72.1 cm³/mol. The molecule has 0 atom stereocenters. The van der Waals surface area contributed by atoms with Crippen molar-refractivity contribution in [3.05, 3.63) is 40.1 Å². The van der Waals surface area contributed by atoms with Crippen molar-refractivity contribution in [3.63, 3.8) is 0 Å². The van der Waals surface area contributed by atoms with Crippen molar-refractivity contribution < 1.29 is 14.0 Å². The third kappa shape index (κ3) is 5.42. The minimum atomic E-state index is -0.468. The summed E-state index contributed by atoms with van der Waals surface area (Å²) in [6.07, 6.45) is 2.61. The van der Waals surface area contributed by atoms with E-state index in [2.05, 4.69) is 21.4 Å². The van der Waals surface area contributed by atoms with Gasteiger partial charge >= 0.3 is 0 Å². The third-order valence-electron chi connectivity index (χ3n) is 1.83. The number of hydroxylamine groups is 1. The van der Waals surface area contributed by atoms with E-state index in [9.17, 15) is 9.18 Å².